The number of hydrogen-bond donors (Lipinski definition) is 0. The zero-order valence-corrected chi connectivity index (χ0v) is 23.3. The third-order valence-electron chi connectivity index (χ3n) is 5.69. The standard InChI is InChI=1S/C22H21Br2N5S3/c1-3-5-6-12(4-2)11-29-25-19-17(13-7-9-15(23)30-13)21-22(28-32-27-21)18(20(19)26-29)14-8-10-16(24)31-14/h7-10,12H,3-6,11H2,1-2H3. The Morgan fingerprint density at radius 2 is 1.44 bits per heavy atom. The molecular formula is C22H21Br2N5S3. The molecule has 1 aromatic carbocycles. The number of unbranched alkanes of at least 4 members (excludes halogenated alkanes) is 1. The van der Waals surface area contributed by atoms with Gasteiger partial charge in [-0.15, -0.1) is 22.7 Å². The zero-order valence-electron chi connectivity index (χ0n) is 17.6. The second-order valence-electron chi connectivity index (χ2n) is 7.79. The summed E-state index contributed by atoms with van der Waals surface area (Å²) in [5, 5.41) is 10.1. The summed E-state index contributed by atoms with van der Waals surface area (Å²) in [5.41, 5.74) is 5.69. The Balaban J connectivity index is 1.73. The molecule has 166 valence electrons. The number of benzene rings is 1. The highest BCUT2D eigenvalue weighted by molar-refractivity contribution is 9.11. The van der Waals surface area contributed by atoms with E-state index in [0.717, 1.165) is 63.8 Å². The highest BCUT2D eigenvalue weighted by Crippen LogP contribution is 2.53. The largest absolute Gasteiger partial charge is 0.183 e. The molecule has 5 nitrogen and oxygen atoms in total. The Morgan fingerprint density at radius 1 is 0.875 bits per heavy atom. The van der Waals surface area contributed by atoms with E-state index < -0.39 is 0 Å². The third-order valence-corrected chi connectivity index (χ3v) is 9.51. The smallest absolute Gasteiger partial charge is 0.124 e. The van der Waals surface area contributed by atoms with Crippen molar-refractivity contribution >= 4 is 88.3 Å². The van der Waals surface area contributed by atoms with Crippen LogP contribution in [-0.4, -0.2) is 15.0 Å². The van der Waals surface area contributed by atoms with E-state index in [4.69, 9.17) is 18.9 Å². The zero-order chi connectivity index (χ0) is 22.2. The molecule has 3 aromatic heterocycles. The maximum absolute atomic E-state index is 5.04. The second kappa shape index (κ2) is 9.58. The van der Waals surface area contributed by atoms with E-state index in [1.165, 1.54) is 30.6 Å². The maximum atomic E-state index is 5.04. The van der Waals surface area contributed by atoms with Crippen LogP contribution < -0.4 is 0 Å². The second-order valence-corrected chi connectivity index (χ2v) is 13.2. The van der Waals surface area contributed by atoms with Crippen molar-refractivity contribution in [2.75, 3.05) is 0 Å². The molecule has 0 fully saturated rings. The van der Waals surface area contributed by atoms with Crippen molar-refractivity contribution in [1.29, 1.82) is 0 Å². The van der Waals surface area contributed by atoms with Gasteiger partial charge >= 0.3 is 0 Å². The molecule has 0 amide bonds. The lowest BCUT2D eigenvalue weighted by Gasteiger charge is -2.12. The van der Waals surface area contributed by atoms with Gasteiger partial charge in [-0.25, -0.2) is 0 Å². The van der Waals surface area contributed by atoms with Crippen LogP contribution in [0.4, 0.5) is 11.4 Å². The van der Waals surface area contributed by atoms with Gasteiger partial charge in [0.25, 0.3) is 0 Å². The van der Waals surface area contributed by atoms with Crippen molar-refractivity contribution in [1.82, 2.24) is 15.0 Å². The first-order valence-corrected chi connectivity index (χ1v) is 14.6. The molecule has 1 aliphatic rings. The summed E-state index contributed by atoms with van der Waals surface area (Å²) in [6.07, 6.45) is 4.79. The minimum atomic E-state index is 0.576. The summed E-state index contributed by atoms with van der Waals surface area (Å²) in [7, 11) is 0. The fraction of sp³-hybridized carbons (Fsp3) is 0.364. The van der Waals surface area contributed by atoms with Gasteiger partial charge in [0.1, 0.15) is 22.4 Å². The first-order chi connectivity index (χ1) is 15.6. The fourth-order valence-corrected chi connectivity index (χ4v) is 7.45. The summed E-state index contributed by atoms with van der Waals surface area (Å²) in [6, 6.07) is 8.39. The molecule has 0 spiro atoms. The van der Waals surface area contributed by atoms with Crippen LogP contribution in [0.25, 0.3) is 31.9 Å². The lowest BCUT2D eigenvalue weighted by Crippen LogP contribution is -2.12. The van der Waals surface area contributed by atoms with Crippen LogP contribution in [0.3, 0.4) is 0 Å². The molecule has 4 heterocycles. The van der Waals surface area contributed by atoms with Gasteiger partial charge in [-0.3, -0.25) is 0 Å². The van der Waals surface area contributed by atoms with Gasteiger partial charge < -0.3 is 0 Å². The van der Waals surface area contributed by atoms with Crippen molar-refractivity contribution < 1.29 is 0 Å². The minimum Gasteiger partial charge on any atom is -0.183 e. The lowest BCUT2D eigenvalue weighted by atomic mass is 10.00. The van der Waals surface area contributed by atoms with Gasteiger partial charge in [0.15, 0.2) is 0 Å². The van der Waals surface area contributed by atoms with Crippen molar-refractivity contribution in [3.63, 3.8) is 0 Å². The average Bonchev–Trinajstić information content (AvgIpc) is 3.57. The van der Waals surface area contributed by atoms with Crippen LogP contribution in [0.1, 0.15) is 39.5 Å². The summed E-state index contributed by atoms with van der Waals surface area (Å²) < 4.78 is 11.6. The van der Waals surface area contributed by atoms with E-state index >= 15 is 0 Å². The molecule has 0 aliphatic carbocycles. The monoisotopic (exact) mass is 609 g/mol. The van der Waals surface area contributed by atoms with Gasteiger partial charge in [-0.05, 0) is 68.5 Å². The molecule has 5 rings (SSSR count). The quantitative estimate of drug-likeness (QED) is 0.176. The molecule has 0 bridgehead atoms. The average molecular weight is 611 g/mol. The van der Waals surface area contributed by atoms with Crippen molar-refractivity contribution in [3.05, 3.63) is 31.8 Å². The lowest BCUT2D eigenvalue weighted by molar-refractivity contribution is 0.351. The summed E-state index contributed by atoms with van der Waals surface area (Å²) in [4.78, 5) is 4.17. The van der Waals surface area contributed by atoms with Crippen molar-refractivity contribution in [3.8, 4) is 20.9 Å². The summed E-state index contributed by atoms with van der Waals surface area (Å²) >= 11 is 11.9. The number of halogens is 2. The molecule has 0 N–H and O–H groups in total. The van der Waals surface area contributed by atoms with Gasteiger partial charge in [-0.2, -0.15) is 23.7 Å². The van der Waals surface area contributed by atoms with Gasteiger partial charge in [0.2, 0.25) is 0 Å². The van der Waals surface area contributed by atoms with Crippen LogP contribution in [-0.2, 0) is 17.9 Å². The first-order valence-electron chi connectivity index (χ1n) is 10.6. The number of fused-ring (bicyclic) bond motifs is 2. The minimum absolute atomic E-state index is 0.576. The van der Waals surface area contributed by atoms with Crippen molar-refractivity contribution in [2.24, 2.45) is 14.6 Å². The molecule has 0 saturated carbocycles. The number of thiophene rings is 2. The van der Waals surface area contributed by atoms with Crippen LogP contribution in [0.15, 0.2) is 40.6 Å². The Bertz CT molecular complexity index is 1270. The van der Waals surface area contributed by atoms with E-state index in [-0.39, 0.29) is 0 Å². The third kappa shape index (κ3) is 4.20. The fourth-order valence-electron chi connectivity index (χ4n) is 4.02. The molecule has 32 heavy (non-hydrogen) atoms. The number of hydrogen-bond acceptors (Lipinski definition) is 6. The normalized spacial score (nSPS) is 13.6. The predicted octanol–water partition coefficient (Wildman–Crippen LogP) is 9.36. The summed E-state index contributed by atoms with van der Waals surface area (Å²) in [6.45, 7) is 5.34. The van der Waals surface area contributed by atoms with E-state index in [1.807, 2.05) is 4.80 Å². The predicted molar refractivity (Wildman–Crippen MR) is 144 cm³/mol. The highest BCUT2D eigenvalue weighted by atomic mass is 79.9. The SMILES string of the molecule is CCCCC(CC)Cn1nc2c(-c3ccc(Br)s3)c3c(c(-c4ccc(Br)s4)c2n1)N=S=N3. The van der Waals surface area contributed by atoms with Crippen LogP contribution in [0.2, 0.25) is 0 Å². The Morgan fingerprint density at radius 3 is 1.88 bits per heavy atom. The molecule has 0 radical (unpaired) electrons. The van der Waals surface area contributed by atoms with Crippen LogP contribution >= 0.6 is 54.5 Å². The van der Waals surface area contributed by atoms with E-state index in [9.17, 15) is 0 Å². The summed E-state index contributed by atoms with van der Waals surface area (Å²) in [5.74, 6) is 0.576. The van der Waals surface area contributed by atoms with Crippen LogP contribution in [0, 0.1) is 5.92 Å². The Labute approximate surface area is 215 Å². The number of rotatable bonds is 8. The van der Waals surface area contributed by atoms with Crippen LogP contribution in [0.5, 0.6) is 0 Å². The topological polar surface area (TPSA) is 55.4 Å². The van der Waals surface area contributed by atoms with E-state index in [0.29, 0.717) is 5.92 Å². The molecule has 0 saturated heterocycles. The van der Waals surface area contributed by atoms with Gasteiger partial charge in [0, 0.05) is 9.75 Å². The Kier molecular flexibility index (Phi) is 6.76. The Hall–Kier alpha value is -1.20. The molecule has 1 aliphatic heterocycles. The van der Waals surface area contributed by atoms with Gasteiger partial charge in [-0.1, -0.05) is 33.1 Å². The molecule has 1 atom stereocenters. The number of nitrogens with zero attached hydrogens (tertiary/aromatic N) is 5. The van der Waals surface area contributed by atoms with E-state index in [1.54, 1.807) is 22.7 Å². The number of aromatic nitrogens is 3. The first kappa shape index (κ1) is 22.6. The van der Waals surface area contributed by atoms with Gasteiger partial charge in [0.05, 0.1) is 36.6 Å². The molecule has 4 aromatic rings. The van der Waals surface area contributed by atoms with Crippen molar-refractivity contribution in [2.45, 2.75) is 46.1 Å². The van der Waals surface area contributed by atoms with E-state index in [2.05, 4.69) is 70.0 Å². The molecular weight excluding hydrogens is 590 g/mol. The molecule has 1 unspecified atom stereocenters. The molecule has 10 heteroatoms. The highest BCUT2D eigenvalue weighted by Gasteiger charge is 2.28. The maximum Gasteiger partial charge on any atom is 0.124 e.